The number of benzene rings is 1. The Hall–Kier alpha value is -2.30. The fraction of sp³-hybridized carbons (Fsp3) is 0.0714. The number of nitrogens with zero attached hydrogens (tertiary/aromatic N) is 2. The molecule has 5 heteroatoms. The van der Waals surface area contributed by atoms with E-state index < -0.39 is 11.7 Å². The molecule has 19 heavy (non-hydrogen) atoms. The Bertz CT molecular complexity index is 714. The Morgan fingerprint density at radius 1 is 0.947 bits per heavy atom. The van der Waals surface area contributed by atoms with E-state index in [0.29, 0.717) is 5.69 Å². The second kappa shape index (κ2) is 4.12. The molecule has 96 valence electrons. The van der Waals surface area contributed by atoms with Crippen LogP contribution < -0.4 is 0 Å². The molecule has 2 heterocycles. The number of aromatic nitrogens is 2. The van der Waals surface area contributed by atoms with Crippen molar-refractivity contribution in [1.29, 1.82) is 0 Å². The number of fused-ring (bicyclic) bond motifs is 1. The van der Waals surface area contributed by atoms with Gasteiger partial charge in [0.2, 0.25) is 0 Å². The smallest absolute Gasteiger partial charge is 0.306 e. The van der Waals surface area contributed by atoms with Crippen LogP contribution in [-0.4, -0.2) is 9.38 Å². The van der Waals surface area contributed by atoms with Gasteiger partial charge in [0.25, 0.3) is 0 Å². The average Bonchev–Trinajstić information content (AvgIpc) is 2.82. The molecular weight excluding hydrogens is 253 g/mol. The molecule has 0 saturated heterocycles. The first-order chi connectivity index (χ1) is 9.05. The SMILES string of the molecule is FC(F)(F)c1cccn2cc(-c3ccccc3)nc12. The molecule has 0 spiro atoms. The Morgan fingerprint density at radius 3 is 2.37 bits per heavy atom. The molecule has 0 amide bonds. The van der Waals surface area contributed by atoms with Gasteiger partial charge in [0.05, 0.1) is 11.3 Å². The lowest BCUT2D eigenvalue weighted by molar-refractivity contribution is -0.136. The van der Waals surface area contributed by atoms with E-state index in [4.69, 9.17) is 0 Å². The van der Waals surface area contributed by atoms with Crippen LogP contribution in [0.3, 0.4) is 0 Å². The summed E-state index contributed by atoms with van der Waals surface area (Å²) in [7, 11) is 0. The number of halogens is 3. The first-order valence-corrected chi connectivity index (χ1v) is 5.66. The predicted molar refractivity (Wildman–Crippen MR) is 65.6 cm³/mol. The molecule has 3 rings (SSSR count). The van der Waals surface area contributed by atoms with E-state index >= 15 is 0 Å². The maximum atomic E-state index is 12.9. The lowest BCUT2D eigenvalue weighted by Crippen LogP contribution is -2.07. The van der Waals surface area contributed by atoms with Crippen molar-refractivity contribution in [2.24, 2.45) is 0 Å². The standard InChI is InChI=1S/C14H9F3N2/c15-14(16,17)11-7-4-8-19-9-12(18-13(11)19)10-5-2-1-3-6-10/h1-9H. The van der Waals surface area contributed by atoms with Crippen molar-refractivity contribution in [1.82, 2.24) is 9.38 Å². The van der Waals surface area contributed by atoms with Crippen molar-refractivity contribution in [2.75, 3.05) is 0 Å². The number of hydrogen-bond acceptors (Lipinski definition) is 1. The van der Waals surface area contributed by atoms with Crippen molar-refractivity contribution in [3.8, 4) is 11.3 Å². The Kier molecular flexibility index (Phi) is 2.55. The van der Waals surface area contributed by atoms with Crippen molar-refractivity contribution < 1.29 is 13.2 Å². The Morgan fingerprint density at radius 2 is 1.68 bits per heavy atom. The third-order valence-electron chi connectivity index (χ3n) is 2.86. The number of rotatable bonds is 1. The van der Waals surface area contributed by atoms with E-state index in [1.165, 1.54) is 10.5 Å². The summed E-state index contributed by atoms with van der Waals surface area (Å²) in [6, 6.07) is 11.5. The summed E-state index contributed by atoms with van der Waals surface area (Å²) in [6.45, 7) is 0. The fourth-order valence-electron chi connectivity index (χ4n) is 1.98. The quantitative estimate of drug-likeness (QED) is 0.647. The van der Waals surface area contributed by atoms with Crippen molar-refractivity contribution in [3.05, 3.63) is 60.4 Å². The highest BCUT2D eigenvalue weighted by Crippen LogP contribution is 2.32. The molecule has 2 aromatic heterocycles. The van der Waals surface area contributed by atoms with Gasteiger partial charge in [-0.1, -0.05) is 30.3 Å². The summed E-state index contributed by atoms with van der Waals surface area (Å²) >= 11 is 0. The van der Waals surface area contributed by atoms with Gasteiger partial charge in [-0.25, -0.2) is 4.98 Å². The van der Waals surface area contributed by atoms with E-state index in [1.54, 1.807) is 12.4 Å². The highest BCUT2D eigenvalue weighted by atomic mass is 19.4. The van der Waals surface area contributed by atoms with Gasteiger partial charge in [0, 0.05) is 18.0 Å². The zero-order valence-corrected chi connectivity index (χ0v) is 9.72. The largest absolute Gasteiger partial charge is 0.419 e. The number of alkyl halides is 3. The molecule has 0 saturated carbocycles. The minimum atomic E-state index is -4.40. The number of hydrogen-bond donors (Lipinski definition) is 0. The van der Waals surface area contributed by atoms with Gasteiger partial charge in [0.1, 0.15) is 5.65 Å². The Labute approximate surface area is 107 Å². The van der Waals surface area contributed by atoms with Gasteiger partial charge >= 0.3 is 6.18 Å². The summed E-state index contributed by atoms with van der Waals surface area (Å²) in [4.78, 5) is 4.09. The van der Waals surface area contributed by atoms with Gasteiger partial charge < -0.3 is 4.40 Å². The summed E-state index contributed by atoms with van der Waals surface area (Å²) in [5, 5.41) is 0. The maximum absolute atomic E-state index is 12.9. The molecule has 0 fully saturated rings. The van der Waals surface area contributed by atoms with Crippen LogP contribution in [0.4, 0.5) is 13.2 Å². The third-order valence-corrected chi connectivity index (χ3v) is 2.86. The van der Waals surface area contributed by atoms with Crippen LogP contribution in [-0.2, 0) is 6.18 Å². The summed E-state index contributed by atoms with van der Waals surface area (Å²) in [5.74, 6) is 0. The van der Waals surface area contributed by atoms with Crippen molar-refractivity contribution in [3.63, 3.8) is 0 Å². The van der Waals surface area contributed by atoms with Crippen LogP contribution in [0, 0.1) is 0 Å². The molecule has 0 atom stereocenters. The Balaban J connectivity index is 2.22. The molecular formula is C14H9F3N2. The summed E-state index contributed by atoms with van der Waals surface area (Å²) in [5.41, 5.74) is 0.516. The van der Waals surface area contributed by atoms with Crippen LogP contribution in [0.5, 0.6) is 0 Å². The maximum Gasteiger partial charge on any atom is 0.419 e. The number of imidazole rings is 1. The predicted octanol–water partition coefficient (Wildman–Crippen LogP) is 4.02. The minimum absolute atomic E-state index is 0.0751. The minimum Gasteiger partial charge on any atom is -0.306 e. The summed E-state index contributed by atoms with van der Waals surface area (Å²) < 4.78 is 40.0. The van der Waals surface area contributed by atoms with Crippen LogP contribution >= 0.6 is 0 Å². The molecule has 1 aromatic carbocycles. The topological polar surface area (TPSA) is 17.3 Å². The average molecular weight is 262 g/mol. The molecule has 0 radical (unpaired) electrons. The third kappa shape index (κ3) is 2.07. The highest BCUT2D eigenvalue weighted by molar-refractivity contribution is 5.64. The first-order valence-electron chi connectivity index (χ1n) is 5.66. The van der Waals surface area contributed by atoms with E-state index in [-0.39, 0.29) is 5.65 Å². The van der Waals surface area contributed by atoms with Crippen LogP contribution in [0.15, 0.2) is 54.9 Å². The second-order valence-electron chi connectivity index (χ2n) is 4.14. The van der Waals surface area contributed by atoms with E-state index in [2.05, 4.69) is 4.98 Å². The highest BCUT2D eigenvalue weighted by Gasteiger charge is 2.33. The molecule has 2 nitrogen and oxygen atoms in total. The van der Waals surface area contributed by atoms with Crippen molar-refractivity contribution in [2.45, 2.75) is 6.18 Å². The molecule has 0 aliphatic carbocycles. The van der Waals surface area contributed by atoms with Crippen LogP contribution in [0.1, 0.15) is 5.56 Å². The van der Waals surface area contributed by atoms with Crippen molar-refractivity contribution >= 4 is 5.65 Å². The van der Waals surface area contributed by atoms with Gasteiger partial charge in [-0.2, -0.15) is 13.2 Å². The normalized spacial score (nSPS) is 11.9. The molecule has 0 aliphatic heterocycles. The molecule has 0 unspecified atom stereocenters. The molecule has 0 aliphatic rings. The van der Waals surface area contributed by atoms with E-state index in [9.17, 15) is 13.2 Å². The van der Waals surface area contributed by atoms with Crippen LogP contribution in [0.25, 0.3) is 16.9 Å². The zero-order valence-electron chi connectivity index (χ0n) is 9.72. The summed E-state index contributed by atoms with van der Waals surface area (Å²) in [6.07, 6.45) is -1.24. The monoisotopic (exact) mass is 262 g/mol. The molecule has 0 N–H and O–H groups in total. The zero-order chi connectivity index (χ0) is 13.5. The number of pyridine rings is 1. The van der Waals surface area contributed by atoms with Gasteiger partial charge in [-0.15, -0.1) is 0 Å². The second-order valence-corrected chi connectivity index (χ2v) is 4.14. The van der Waals surface area contributed by atoms with E-state index in [0.717, 1.165) is 11.6 Å². The van der Waals surface area contributed by atoms with Gasteiger partial charge in [-0.3, -0.25) is 0 Å². The molecule has 3 aromatic rings. The fourth-order valence-corrected chi connectivity index (χ4v) is 1.98. The lowest BCUT2D eigenvalue weighted by atomic mass is 10.2. The van der Waals surface area contributed by atoms with Gasteiger partial charge in [-0.05, 0) is 12.1 Å². The molecule has 0 bridgehead atoms. The van der Waals surface area contributed by atoms with Gasteiger partial charge in [0.15, 0.2) is 0 Å². The lowest BCUT2D eigenvalue weighted by Gasteiger charge is -2.06. The van der Waals surface area contributed by atoms with Crippen LogP contribution in [0.2, 0.25) is 0 Å². The van der Waals surface area contributed by atoms with E-state index in [1.807, 2.05) is 30.3 Å². The first kappa shape index (κ1) is 11.8.